The van der Waals surface area contributed by atoms with E-state index in [9.17, 15) is 5.11 Å². The molecule has 0 fully saturated rings. The molecule has 3 aromatic rings. The molecule has 1 atom stereocenters. The van der Waals surface area contributed by atoms with E-state index in [-0.39, 0.29) is 12.4 Å². The predicted octanol–water partition coefficient (Wildman–Crippen LogP) is 6.77. The Morgan fingerprint density at radius 1 is 0.750 bits per heavy atom. The van der Waals surface area contributed by atoms with Crippen LogP contribution in [0, 0.1) is 0 Å². The van der Waals surface area contributed by atoms with Crippen molar-refractivity contribution >= 4 is 9.24 Å². The predicted molar refractivity (Wildman–Crippen MR) is 170 cm³/mol. The molecule has 1 unspecified atom stereocenters. The summed E-state index contributed by atoms with van der Waals surface area (Å²) in [5.74, 6) is 1.64. The molecule has 0 aliphatic carbocycles. The normalized spacial score (nSPS) is 10.1. The summed E-state index contributed by atoms with van der Waals surface area (Å²) < 4.78 is 16.5. The van der Waals surface area contributed by atoms with Crippen molar-refractivity contribution < 1.29 is 24.4 Å². The molecule has 3 N–H and O–H groups in total. The van der Waals surface area contributed by atoms with Gasteiger partial charge in [-0.3, -0.25) is 0 Å². The van der Waals surface area contributed by atoms with E-state index in [1.54, 1.807) is 12.1 Å². The maximum Gasteiger partial charge on any atom is 0.121 e. The average Bonchev–Trinajstić information content (AvgIpc) is 3.00. The van der Waals surface area contributed by atoms with Crippen molar-refractivity contribution in [1.82, 2.24) is 5.32 Å². The Bertz CT molecular complexity index is 986. The van der Waals surface area contributed by atoms with E-state index in [2.05, 4.69) is 57.9 Å². The first-order chi connectivity index (χ1) is 19.7. The lowest BCUT2D eigenvalue weighted by Gasteiger charge is -2.09. The van der Waals surface area contributed by atoms with E-state index in [0.29, 0.717) is 24.3 Å². The van der Waals surface area contributed by atoms with Gasteiger partial charge in [-0.2, -0.15) is 0 Å². The van der Waals surface area contributed by atoms with Gasteiger partial charge in [-0.25, -0.2) is 0 Å². The molecule has 0 amide bonds. The Labute approximate surface area is 244 Å². The number of hydrogen-bond acceptors (Lipinski definition) is 6. The fourth-order valence-electron chi connectivity index (χ4n) is 3.55. The molecule has 0 saturated heterocycles. The van der Waals surface area contributed by atoms with Crippen molar-refractivity contribution in [2.24, 2.45) is 0 Å². The van der Waals surface area contributed by atoms with Crippen molar-refractivity contribution in [2.45, 2.75) is 59.5 Å². The molecular weight excluding hydrogens is 521 g/mol. The van der Waals surface area contributed by atoms with Crippen molar-refractivity contribution in [2.75, 3.05) is 39.3 Å². The zero-order valence-electron chi connectivity index (χ0n) is 24.6. The van der Waals surface area contributed by atoms with Crippen LogP contribution in [0.3, 0.4) is 0 Å². The molecule has 0 saturated carbocycles. The molecule has 3 rings (SSSR count). The quantitative estimate of drug-likeness (QED) is 0.123. The highest BCUT2D eigenvalue weighted by atomic mass is 31.0. The van der Waals surface area contributed by atoms with Crippen LogP contribution in [0.25, 0.3) is 0 Å². The van der Waals surface area contributed by atoms with Crippen LogP contribution < -0.4 is 14.8 Å². The molecule has 0 aliphatic heterocycles. The molecule has 40 heavy (non-hydrogen) atoms. The van der Waals surface area contributed by atoms with Gasteiger partial charge in [-0.05, 0) is 80.2 Å². The van der Waals surface area contributed by atoms with Gasteiger partial charge in [0.1, 0.15) is 23.6 Å². The van der Waals surface area contributed by atoms with Crippen LogP contribution in [-0.4, -0.2) is 49.5 Å². The van der Waals surface area contributed by atoms with Crippen molar-refractivity contribution in [3.63, 3.8) is 0 Å². The lowest BCUT2D eigenvalue weighted by Crippen LogP contribution is -2.20. The third-order valence-electron chi connectivity index (χ3n) is 5.77. The standard InChI is InChI=1S/C19H26NO4P.C12H18O.C2H6/c21-13-16-12-18(6-7-19(16)22)23-11-1-9-20-10-8-15-2-4-17(5-3-15)24-14-25;1-2-3-10-13-11-9-12-7-5-4-6-8-12;1-2/h2-7,12,20-22H,1,8-11,13-14,25H2;4-8H,2-3,9-11H2,1H3;1-2H3. The molecule has 7 heteroatoms. The van der Waals surface area contributed by atoms with Crippen molar-refractivity contribution in [1.29, 1.82) is 0 Å². The minimum Gasteiger partial charge on any atom is -0.508 e. The summed E-state index contributed by atoms with van der Waals surface area (Å²) in [6, 6.07) is 23.5. The summed E-state index contributed by atoms with van der Waals surface area (Å²) in [4.78, 5) is 0. The maximum absolute atomic E-state index is 9.51. The Morgan fingerprint density at radius 3 is 2.12 bits per heavy atom. The highest BCUT2D eigenvalue weighted by molar-refractivity contribution is 7.16. The highest BCUT2D eigenvalue weighted by Gasteiger charge is 2.02. The zero-order valence-corrected chi connectivity index (χ0v) is 25.8. The Morgan fingerprint density at radius 2 is 1.45 bits per heavy atom. The van der Waals surface area contributed by atoms with E-state index in [1.807, 2.05) is 32.0 Å². The number of unbranched alkanes of at least 4 members (excludes halogenated alkanes) is 1. The summed E-state index contributed by atoms with van der Waals surface area (Å²) in [6.07, 6.45) is 5.88. The van der Waals surface area contributed by atoms with Crippen LogP contribution in [0.15, 0.2) is 72.8 Å². The second kappa shape index (κ2) is 24.2. The second-order valence-corrected chi connectivity index (χ2v) is 9.14. The number of rotatable bonds is 17. The first kappa shape index (κ1) is 35.4. The van der Waals surface area contributed by atoms with E-state index >= 15 is 0 Å². The summed E-state index contributed by atoms with van der Waals surface area (Å²) in [5.41, 5.74) is 3.12. The monoisotopic (exact) mass is 571 g/mol. The number of phenols is 1. The van der Waals surface area contributed by atoms with Crippen LogP contribution in [0.1, 0.15) is 56.7 Å². The average molecular weight is 572 g/mol. The molecule has 0 spiro atoms. The van der Waals surface area contributed by atoms with Gasteiger partial charge in [0.15, 0.2) is 0 Å². The van der Waals surface area contributed by atoms with Gasteiger partial charge in [0, 0.05) is 12.2 Å². The molecule has 0 aliphatic rings. The number of ether oxygens (including phenoxy) is 3. The lowest BCUT2D eigenvalue weighted by atomic mass is 10.1. The zero-order chi connectivity index (χ0) is 29.3. The van der Waals surface area contributed by atoms with Gasteiger partial charge >= 0.3 is 0 Å². The largest absolute Gasteiger partial charge is 0.508 e. The van der Waals surface area contributed by atoms with Crippen molar-refractivity contribution in [3.8, 4) is 17.2 Å². The lowest BCUT2D eigenvalue weighted by molar-refractivity contribution is 0.134. The Kier molecular flexibility index (Phi) is 21.4. The first-order valence-corrected chi connectivity index (χ1v) is 15.3. The maximum atomic E-state index is 9.51. The van der Waals surface area contributed by atoms with Gasteiger partial charge in [-0.15, -0.1) is 0 Å². The van der Waals surface area contributed by atoms with Gasteiger partial charge in [0.2, 0.25) is 0 Å². The second-order valence-electron chi connectivity index (χ2n) is 8.81. The summed E-state index contributed by atoms with van der Waals surface area (Å²) >= 11 is 0. The number of aromatic hydroxyl groups is 1. The van der Waals surface area contributed by atoms with E-state index in [4.69, 9.17) is 19.3 Å². The SMILES string of the molecule is CC.CCCCOCCc1ccccc1.OCc1cc(OCCCNCCc2ccc(OCP)cc2)ccc1O. The summed E-state index contributed by atoms with van der Waals surface area (Å²) in [5, 5.41) is 22.0. The van der Waals surface area contributed by atoms with Gasteiger partial charge < -0.3 is 29.7 Å². The smallest absolute Gasteiger partial charge is 0.121 e. The summed E-state index contributed by atoms with van der Waals surface area (Å²) in [7, 11) is 2.54. The molecule has 0 heterocycles. The fourth-order valence-corrected chi connectivity index (χ4v) is 3.75. The van der Waals surface area contributed by atoms with E-state index in [0.717, 1.165) is 51.3 Å². The number of hydrogen-bond donors (Lipinski definition) is 3. The number of nitrogens with one attached hydrogen (secondary N) is 1. The van der Waals surface area contributed by atoms with E-state index < -0.39 is 0 Å². The van der Waals surface area contributed by atoms with Crippen molar-refractivity contribution in [3.05, 3.63) is 89.5 Å². The number of aliphatic hydroxyl groups is 1. The Balaban J connectivity index is 0.000000448. The number of aliphatic hydroxyl groups excluding tert-OH is 1. The third kappa shape index (κ3) is 16.5. The topological polar surface area (TPSA) is 80.2 Å². The van der Waals surface area contributed by atoms with Crippen LogP contribution >= 0.6 is 9.24 Å². The van der Waals surface area contributed by atoms with Crippen LogP contribution in [0.5, 0.6) is 17.2 Å². The van der Waals surface area contributed by atoms with Crippen LogP contribution in [0.4, 0.5) is 0 Å². The molecular formula is C33H50NO5P. The van der Waals surface area contributed by atoms with Crippen LogP contribution in [-0.2, 0) is 24.2 Å². The van der Waals surface area contributed by atoms with Crippen LogP contribution in [0.2, 0.25) is 0 Å². The molecule has 0 bridgehead atoms. The highest BCUT2D eigenvalue weighted by Crippen LogP contribution is 2.23. The van der Waals surface area contributed by atoms with Gasteiger partial charge in [-0.1, -0.05) is 78.9 Å². The Hall–Kier alpha value is -2.63. The van der Waals surface area contributed by atoms with Gasteiger partial charge in [0.25, 0.3) is 0 Å². The molecule has 0 radical (unpaired) electrons. The fraction of sp³-hybridized carbons (Fsp3) is 0.455. The minimum atomic E-state index is -0.199. The van der Waals surface area contributed by atoms with E-state index in [1.165, 1.54) is 30.0 Å². The minimum absolute atomic E-state index is 0.0877. The molecule has 3 aromatic carbocycles. The molecule has 222 valence electrons. The summed E-state index contributed by atoms with van der Waals surface area (Å²) in [6.45, 7) is 10.1. The van der Waals surface area contributed by atoms with Gasteiger partial charge in [0.05, 0.1) is 19.8 Å². The number of benzene rings is 3. The molecule has 0 aromatic heterocycles. The molecule has 6 nitrogen and oxygen atoms in total. The third-order valence-corrected chi connectivity index (χ3v) is 5.94. The first-order valence-electron chi connectivity index (χ1n) is 14.5.